The lowest BCUT2D eigenvalue weighted by Crippen LogP contribution is -2.62. The highest BCUT2D eigenvalue weighted by atomic mass is 16.5. The van der Waals surface area contributed by atoms with Gasteiger partial charge in [0.15, 0.2) is 0 Å². The number of imide groups is 2. The van der Waals surface area contributed by atoms with Crippen LogP contribution in [0.25, 0.3) is 0 Å². The van der Waals surface area contributed by atoms with Crippen molar-refractivity contribution in [3.05, 3.63) is 23.8 Å². The first-order valence-corrected chi connectivity index (χ1v) is 6.11. The second kappa shape index (κ2) is 4.90. The average Bonchev–Trinajstić information content (AvgIpc) is 2.45. The summed E-state index contributed by atoms with van der Waals surface area (Å²) in [4.78, 5) is 37.1. The van der Waals surface area contributed by atoms with Crippen molar-refractivity contribution in [3.8, 4) is 11.8 Å². The second-order valence-corrected chi connectivity index (χ2v) is 4.99. The molecule has 21 heavy (non-hydrogen) atoms. The van der Waals surface area contributed by atoms with Crippen molar-refractivity contribution in [2.24, 2.45) is 5.41 Å². The molecule has 108 valence electrons. The summed E-state index contributed by atoms with van der Waals surface area (Å²) in [7, 11) is 1.36. The fourth-order valence-corrected chi connectivity index (χ4v) is 1.99. The van der Waals surface area contributed by atoms with Crippen molar-refractivity contribution < 1.29 is 19.1 Å². The molecule has 0 aliphatic carbocycles. The number of hydrogen-bond donors (Lipinski definition) is 1. The van der Waals surface area contributed by atoms with Crippen LogP contribution in [-0.2, 0) is 9.59 Å². The molecule has 1 aliphatic heterocycles. The van der Waals surface area contributed by atoms with Crippen LogP contribution in [0.15, 0.2) is 18.2 Å². The molecule has 1 saturated heterocycles. The van der Waals surface area contributed by atoms with Gasteiger partial charge in [0.05, 0.1) is 12.7 Å². The van der Waals surface area contributed by atoms with E-state index in [2.05, 4.69) is 5.32 Å². The van der Waals surface area contributed by atoms with E-state index in [-0.39, 0.29) is 17.0 Å². The lowest BCUT2D eigenvalue weighted by Gasteiger charge is -2.35. The Labute approximate surface area is 121 Å². The largest absolute Gasteiger partial charge is 0.495 e. The molecule has 0 atom stereocenters. The van der Waals surface area contributed by atoms with Gasteiger partial charge in [-0.1, -0.05) is 6.07 Å². The molecular weight excluding hydrogens is 274 g/mol. The number of methoxy groups -OCH3 is 1. The maximum Gasteiger partial charge on any atom is 0.335 e. The van der Waals surface area contributed by atoms with E-state index in [1.54, 1.807) is 6.07 Å². The molecule has 7 nitrogen and oxygen atoms in total. The van der Waals surface area contributed by atoms with Crippen molar-refractivity contribution in [2.45, 2.75) is 13.8 Å². The SMILES string of the molecule is COc1cccc(C#N)c1N1C(=O)NC(=O)C(C)(C)C1=O. The zero-order valence-corrected chi connectivity index (χ0v) is 11.8. The van der Waals surface area contributed by atoms with Gasteiger partial charge in [0.25, 0.3) is 5.91 Å². The van der Waals surface area contributed by atoms with Gasteiger partial charge >= 0.3 is 6.03 Å². The first-order valence-electron chi connectivity index (χ1n) is 6.11. The lowest BCUT2D eigenvalue weighted by molar-refractivity contribution is -0.140. The van der Waals surface area contributed by atoms with Crippen molar-refractivity contribution >= 4 is 23.5 Å². The molecule has 1 fully saturated rings. The van der Waals surface area contributed by atoms with Gasteiger partial charge in [-0.2, -0.15) is 5.26 Å². The van der Waals surface area contributed by atoms with Crippen molar-refractivity contribution in [2.75, 3.05) is 12.0 Å². The number of benzene rings is 1. The van der Waals surface area contributed by atoms with Crippen LogP contribution in [0.3, 0.4) is 0 Å². The Bertz CT molecular complexity index is 688. The molecule has 1 heterocycles. The van der Waals surface area contributed by atoms with Gasteiger partial charge in [0.1, 0.15) is 22.9 Å². The molecule has 1 aromatic rings. The summed E-state index contributed by atoms with van der Waals surface area (Å²) >= 11 is 0. The number of barbiturate groups is 1. The van der Waals surface area contributed by atoms with Crippen LogP contribution >= 0.6 is 0 Å². The number of nitrogens with zero attached hydrogens (tertiary/aromatic N) is 2. The van der Waals surface area contributed by atoms with E-state index >= 15 is 0 Å². The number of carbonyl (C=O) groups excluding carboxylic acids is 3. The van der Waals surface area contributed by atoms with E-state index in [1.165, 1.54) is 33.1 Å². The molecule has 2 rings (SSSR count). The topological polar surface area (TPSA) is 99.5 Å². The summed E-state index contributed by atoms with van der Waals surface area (Å²) in [6, 6.07) is 5.57. The zero-order valence-electron chi connectivity index (χ0n) is 11.8. The maximum absolute atomic E-state index is 12.5. The van der Waals surface area contributed by atoms with Crippen LogP contribution in [0.1, 0.15) is 19.4 Å². The van der Waals surface area contributed by atoms with Crippen molar-refractivity contribution in [1.82, 2.24) is 5.32 Å². The van der Waals surface area contributed by atoms with E-state index in [9.17, 15) is 19.6 Å². The number of nitriles is 1. The minimum absolute atomic E-state index is 0.0329. The maximum atomic E-state index is 12.5. The number of ether oxygens (including phenoxy) is 1. The van der Waals surface area contributed by atoms with Crippen LogP contribution in [0.4, 0.5) is 10.5 Å². The third-order valence-corrected chi connectivity index (χ3v) is 3.29. The normalized spacial score (nSPS) is 17.2. The van der Waals surface area contributed by atoms with Crippen LogP contribution in [0.5, 0.6) is 5.75 Å². The summed E-state index contributed by atoms with van der Waals surface area (Å²) in [6.45, 7) is 2.82. The summed E-state index contributed by atoms with van der Waals surface area (Å²) in [5, 5.41) is 11.3. The minimum atomic E-state index is -1.42. The van der Waals surface area contributed by atoms with Gasteiger partial charge < -0.3 is 4.74 Å². The molecule has 1 aromatic carbocycles. The van der Waals surface area contributed by atoms with E-state index in [0.717, 1.165) is 4.90 Å². The Morgan fingerprint density at radius 2 is 1.95 bits per heavy atom. The van der Waals surface area contributed by atoms with Crippen LogP contribution in [0, 0.1) is 16.7 Å². The number of urea groups is 1. The van der Waals surface area contributed by atoms with Crippen LogP contribution < -0.4 is 15.0 Å². The summed E-state index contributed by atoms with van der Waals surface area (Å²) in [5.41, 5.74) is -1.28. The third-order valence-electron chi connectivity index (χ3n) is 3.29. The van der Waals surface area contributed by atoms with E-state index in [0.29, 0.717) is 0 Å². The Balaban J connectivity index is 2.66. The summed E-state index contributed by atoms with van der Waals surface area (Å²) < 4.78 is 5.12. The van der Waals surface area contributed by atoms with E-state index in [4.69, 9.17) is 4.74 Å². The number of para-hydroxylation sites is 1. The second-order valence-electron chi connectivity index (χ2n) is 4.99. The fraction of sp³-hybridized carbons (Fsp3) is 0.286. The summed E-state index contributed by atoms with van der Waals surface area (Å²) in [6.07, 6.45) is 0. The van der Waals surface area contributed by atoms with Gasteiger partial charge in [0, 0.05) is 0 Å². The molecule has 4 amide bonds. The van der Waals surface area contributed by atoms with Crippen LogP contribution in [0.2, 0.25) is 0 Å². The Hall–Kier alpha value is -2.88. The molecule has 0 aromatic heterocycles. The number of hydrogen-bond acceptors (Lipinski definition) is 5. The monoisotopic (exact) mass is 287 g/mol. The predicted molar refractivity (Wildman–Crippen MR) is 72.5 cm³/mol. The highest BCUT2D eigenvalue weighted by molar-refractivity contribution is 6.30. The highest BCUT2D eigenvalue weighted by Crippen LogP contribution is 2.36. The quantitative estimate of drug-likeness (QED) is 0.823. The highest BCUT2D eigenvalue weighted by Gasteiger charge is 2.48. The zero-order chi connectivity index (χ0) is 15.8. The Morgan fingerprint density at radius 3 is 2.52 bits per heavy atom. The number of carbonyl (C=O) groups is 3. The molecule has 1 N–H and O–H groups in total. The molecule has 0 bridgehead atoms. The Kier molecular flexibility index (Phi) is 3.39. The van der Waals surface area contributed by atoms with Gasteiger partial charge in [-0.25, -0.2) is 9.69 Å². The first-order chi connectivity index (χ1) is 9.84. The minimum Gasteiger partial charge on any atom is -0.495 e. The van der Waals surface area contributed by atoms with Gasteiger partial charge in [0.2, 0.25) is 5.91 Å². The lowest BCUT2D eigenvalue weighted by atomic mass is 9.88. The molecule has 0 unspecified atom stereocenters. The van der Waals surface area contributed by atoms with Crippen molar-refractivity contribution in [1.29, 1.82) is 5.26 Å². The summed E-state index contributed by atoms with van der Waals surface area (Å²) in [5.74, 6) is -1.19. The predicted octanol–water partition coefficient (Wildman–Crippen LogP) is 1.18. The van der Waals surface area contributed by atoms with Crippen molar-refractivity contribution in [3.63, 3.8) is 0 Å². The molecule has 0 saturated carbocycles. The first kappa shape index (κ1) is 14.5. The van der Waals surface area contributed by atoms with Crippen LogP contribution in [-0.4, -0.2) is 25.0 Å². The number of amides is 4. The van der Waals surface area contributed by atoms with Gasteiger partial charge in [-0.15, -0.1) is 0 Å². The number of anilines is 1. The Morgan fingerprint density at radius 1 is 1.29 bits per heavy atom. The van der Waals surface area contributed by atoms with Gasteiger partial charge in [-0.05, 0) is 26.0 Å². The number of nitrogens with one attached hydrogen (secondary N) is 1. The van der Waals surface area contributed by atoms with E-state index in [1.807, 2.05) is 6.07 Å². The smallest absolute Gasteiger partial charge is 0.335 e. The fourth-order valence-electron chi connectivity index (χ4n) is 1.99. The van der Waals surface area contributed by atoms with E-state index < -0.39 is 23.3 Å². The average molecular weight is 287 g/mol. The molecule has 0 spiro atoms. The molecular formula is C14H13N3O4. The third kappa shape index (κ3) is 2.10. The standard InChI is InChI=1S/C14H13N3O4/c1-14(2)11(18)16-13(20)17(12(14)19)10-8(7-15)5-4-6-9(10)21-3/h4-6H,1-3H3,(H,16,18,20). The molecule has 7 heteroatoms. The molecule has 1 aliphatic rings. The number of rotatable bonds is 2. The molecule has 0 radical (unpaired) electrons. The van der Waals surface area contributed by atoms with Gasteiger partial charge in [-0.3, -0.25) is 14.9 Å².